The third-order valence-corrected chi connectivity index (χ3v) is 2.36. The average molecular weight is 261 g/mol. The summed E-state index contributed by atoms with van der Waals surface area (Å²) < 4.78 is 4.76. The highest BCUT2D eigenvalue weighted by molar-refractivity contribution is 6.00. The van der Waals surface area contributed by atoms with Gasteiger partial charge >= 0.3 is 12.1 Å². The molecule has 3 N–H and O–H groups in total. The van der Waals surface area contributed by atoms with E-state index in [4.69, 9.17) is 9.84 Å². The van der Waals surface area contributed by atoms with Crippen LogP contribution in [0.1, 0.15) is 10.4 Å². The van der Waals surface area contributed by atoms with Gasteiger partial charge in [-0.25, -0.2) is 9.59 Å². The molecule has 1 aromatic heterocycles. The first kappa shape index (κ1) is 12.6. The molecule has 0 unspecified atom stereocenters. The molecule has 2 rings (SSSR count). The van der Waals surface area contributed by atoms with Crippen molar-refractivity contribution in [3.63, 3.8) is 0 Å². The Hall–Kier alpha value is -2.83. The number of nitrogens with zero attached hydrogens (tertiary/aromatic N) is 1. The number of amides is 1. The average Bonchev–Trinajstić information content (AvgIpc) is 2.78. The van der Waals surface area contributed by atoms with Gasteiger partial charge in [-0.3, -0.25) is 10.4 Å². The predicted molar refractivity (Wildman–Crippen MR) is 68.2 cm³/mol. The van der Waals surface area contributed by atoms with Crippen LogP contribution in [0.15, 0.2) is 30.9 Å². The predicted octanol–water partition coefficient (Wildman–Crippen LogP) is 2.00. The lowest BCUT2D eigenvalue weighted by Gasteiger charge is -2.02. The lowest BCUT2D eigenvalue weighted by Crippen LogP contribution is -2.14. The van der Waals surface area contributed by atoms with Crippen LogP contribution in [0.5, 0.6) is 0 Å². The number of hydrogen-bond acceptors (Lipinski definition) is 4. The van der Waals surface area contributed by atoms with Crippen LogP contribution < -0.4 is 5.32 Å². The largest absolute Gasteiger partial charge is 0.478 e. The molecule has 98 valence electrons. The minimum Gasteiger partial charge on any atom is -0.478 e. The number of hydrogen-bond donors (Lipinski definition) is 3. The fraction of sp³-hybridized carbons (Fsp3) is 0.0833. The van der Waals surface area contributed by atoms with Crippen LogP contribution in [0.3, 0.4) is 0 Å². The lowest BCUT2D eigenvalue weighted by atomic mass is 10.1. The van der Waals surface area contributed by atoms with Gasteiger partial charge in [0.25, 0.3) is 0 Å². The Kier molecular flexibility index (Phi) is 3.46. The van der Waals surface area contributed by atoms with E-state index in [9.17, 15) is 9.59 Å². The van der Waals surface area contributed by atoms with Crippen molar-refractivity contribution in [2.24, 2.45) is 0 Å². The maximum atomic E-state index is 11.4. The molecule has 0 atom stereocenters. The second-order valence-electron chi connectivity index (χ2n) is 3.65. The molecule has 2 aromatic rings. The van der Waals surface area contributed by atoms with Gasteiger partial charge in [0, 0.05) is 5.39 Å². The molecule has 0 bridgehead atoms. The quantitative estimate of drug-likeness (QED) is 0.730. The number of aromatic nitrogens is 2. The van der Waals surface area contributed by atoms with Crippen molar-refractivity contribution in [3.05, 3.63) is 36.4 Å². The van der Waals surface area contributed by atoms with E-state index < -0.39 is 12.1 Å². The smallest absolute Gasteiger partial charge is 0.413 e. The summed E-state index contributed by atoms with van der Waals surface area (Å²) in [6.45, 7) is 3.52. The van der Waals surface area contributed by atoms with Crippen LogP contribution >= 0.6 is 0 Å². The van der Waals surface area contributed by atoms with Gasteiger partial charge < -0.3 is 9.84 Å². The van der Waals surface area contributed by atoms with E-state index in [0.29, 0.717) is 10.9 Å². The van der Waals surface area contributed by atoms with E-state index in [0.717, 1.165) is 0 Å². The number of carboxylic acids is 1. The number of carboxylic acid groups (broad SMARTS) is 1. The third-order valence-electron chi connectivity index (χ3n) is 2.36. The van der Waals surface area contributed by atoms with Crippen LogP contribution in [-0.4, -0.2) is 34.0 Å². The molecule has 0 aliphatic heterocycles. The maximum absolute atomic E-state index is 11.4. The number of nitrogens with one attached hydrogen (secondary N) is 2. The molecule has 1 heterocycles. The standard InChI is InChI=1S/C12H11N3O4/c1-2-5-19-12(18)13-10-8-4-3-7(11(16)17)6-9(8)14-15-10/h2-4,6H,1,5H2,(H,16,17)(H2,13,14,15,18). The molecule has 7 heteroatoms. The fourth-order valence-electron chi connectivity index (χ4n) is 1.52. The van der Waals surface area contributed by atoms with Crippen LogP contribution in [-0.2, 0) is 4.74 Å². The van der Waals surface area contributed by atoms with Crippen molar-refractivity contribution in [1.82, 2.24) is 10.2 Å². The highest BCUT2D eigenvalue weighted by Gasteiger charge is 2.11. The Labute approximate surface area is 107 Å². The zero-order valence-electron chi connectivity index (χ0n) is 9.84. The van der Waals surface area contributed by atoms with E-state index in [1.165, 1.54) is 18.2 Å². The van der Waals surface area contributed by atoms with Gasteiger partial charge in [-0.1, -0.05) is 12.7 Å². The molecule has 0 aliphatic rings. The van der Waals surface area contributed by atoms with E-state index >= 15 is 0 Å². The number of benzene rings is 1. The summed E-state index contributed by atoms with van der Waals surface area (Å²) in [6.07, 6.45) is 0.789. The summed E-state index contributed by atoms with van der Waals surface area (Å²) in [5.74, 6) is -0.752. The van der Waals surface area contributed by atoms with Crippen LogP contribution in [0.4, 0.5) is 10.6 Å². The van der Waals surface area contributed by atoms with Crippen LogP contribution in [0.2, 0.25) is 0 Å². The van der Waals surface area contributed by atoms with Crippen molar-refractivity contribution in [1.29, 1.82) is 0 Å². The van der Waals surface area contributed by atoms with E-state index in [-0.39, 0.29) is 18.0 Å². The molecule has 19 heavy (non-hydrogen) atoms. The van der Waals surface area contributed by atoms with Gasteiger partial charge in [-0.05, 0) is 18.2 Å². The minimum absolute atomic E-state index is 0.0946. The van der Waals surface area contributed by atoms with Crippen LogP contribution in [0.25, 0.3) is 10.9 Å². The lowest BCUT2D eigenvalue weighted by molar-refractivity contribution is 0.0697. The molecular weight excluding hydrogens is 250 g/mol. The topological polar surface area (TPSA) is 104 Å². The van der Waals surface area contributed by atoms with Gasteiger partial charge in [0.1, 0.15) is 6.61 Å². The van der Waals surface area contributed by atoms with E-state index in [1.807, 2.05) is 0 Å². The summed E-state index contributed by atoms with van der Waals surface area (Å²) in [5, 5.41) is 18.4. The van der Waals surface area contributed by atoms with Crippen LogP contribution in [0, 0.1) is 0 Å². The Balaban J connectivity index is 2.23. The highest BCUT2D eigenvalue weighted by atomic mass is 16.5. The van der Waals surface area contributed by atoms with Gasteiger partial charge in [0.15, 0.2) is 5.82 Å². The summed E-state index contributed by atoms with van der Waals surface area (Å²) in [4.78, 5) is 22.2. The first-order valence-electron chi connectivity index (χ1n) is 5.38. The van der Waals surface area contributed by atoms with Gasteiger partial charge in [-0.15, -0.1) is 0 Å². The molecule has 7 nitrogen and oxygen atoms in total. The Morgan fingerprint density at radius 3 is 3.00 bits per heavy atom. The number of anilines is 1. The Morgan fingerprint density at radius 2 is 2.32 bits per heavy atom. The SMILES string of the molecule is C=CCOC(=O)Nc1n[nH]c2cc(C(=O)O)ccc12. The number of H-pyrrole nitrogens is 1. The highest BCUT2D eigenvalue weighted by Crippen LogP contribution is 2.21. The molecule has 0 fully saturated rings. The Morgan fingerprint density at radius 1 is 1.53 bits per heavy atom. The second-order valence-corrected chi connectivity index (χ2v) is 3.65. The molecule has 0 saturated carbocycles. The zero-order chi connectivity index (χ0) is 13.8. The summed E-state index contributed by atoms with van der Waals surface area (Å²) in [7, 11) is 0. The number of fused-ring (bicyclic) bond motifs is 1. The minimum atomic E-state index is -1.03. The van der Waals surface area contributed by atoms with Crippen molar-refractivity contribution >= 4 is 28.8 Å². The van der Waals surface area contributed by atoms with E-state index in [1.54, 1.807) is 6.07 Å². The number of ether oxygens (including phenoxy) is 1. The normalized spacial score (nSPS) is 10.1. The molecule has 0 radical (unpaired) electrons. The fourth-order valence-corrected chi connectivity index (χ4v) is 1.52. The number of carbonyl (C=O) groups is 2. The molecule has 0 aliphatic carbocycles. The summed E-state index contributed by atoms with van der Waals surface area (Å²) >= 11 is 0. The zero-order valence-corrected chi connectivity index (χ0v) is 9.84. The molecule has 1 amide bonds. The Bertz CT molecular complexity index is 647. The number of carbonyl (C=O) groups excluding carboxylic acids is 1. The number of aromatic amines is 1. The molecule has 0 saturated heterocycles. The monoisotopic (exact) mass is 261 g/mol. The number of aromatic carboxylic acids is 1. The second kappa shape index (κ2) is 5.21. The van der Waals surface area contributed by atoms with Crippen molar-refractivity contribution in [3.8, 4) is 0 Å². The summed E-state index contributed by atoms with van der Waals surface area (Å²) in [5.41, 5.74) is 0.649. The van der Waals surface area contributed by atoms with Crippen molar-refractivity contribution < 1.29 is 19.4 Å². The molecule has 0 spiro atoms. The first-order valence-corrected chi connectivity index (χ1v) is 5.38. The molecular formula is C12H11N3O4. The molecule has 1 aromatic carbocycles. The van der Waals surface area contributed by atoms with Gasteiger partial charge in [-0.2, -0.15) is 5.10 Å². The maximum Gasteiger partial charge on any atom is 0.413 e. The summed E-state index contributed by atoms with van der Waals surface area (Å²) in [6, 6.07) is 4.43. The third kappa shape index (κ3) is 2.71. The van der Waals surface area contributed by atoms with Gasteiger partial charge in [0.2, 0.25) is 0 Å². The van der Waals surface area contributed by atoms with Crippen molar-refractivity contribution in [2.75, 3.05) is 11.9 Å². The first-order chi connectivity index (χ1) is 9.11. The van der Waals surface area contributed by atoms with Crippen molar-refractivity contribution in [2.45, 2.75) is 0 Å². The number of rotatable bonds is 4. The van der Waals surface area contributed by atoms with Gasteiger partial charge in [0.05, 0.1) is 11.1 Å². The van der Waals surface area contributed by atoms with E-state index in [2.05, 4.69) is 22.1 Å².